The fourth-order valence-corrected chi connectivity index (χ4v) is 2.18. The van der Waals surface area contributed by atoms with E-state index >= 15 is 0 Å². The van der Waals surface area contributed by atoms with Crippen molar-refractivity contribution in [2.75, 3.05) is 20.4 Å². The molecule has 122 valence electrons. The van der Waals surface area contributed by atoms with Gasteiger partial charge in [-0.15, -0.1) is 0 Å². The molecule has 23 heavy (non-hydrogen) atoms. The summed E-state index contributed by atoms with van der Waals surface area (Å²) in [5.41, 5.74) is 2.47. The summed E-state index contributed by atoms with van der Waals surface area (Å²) >= 11 is 0. The summed E-state index contributed by atoms with van der Waals surface area (Å²) in [6.45, 7) is 2.72. The smallest absolute Gasteiger partial charge is 0.317 e. The summed E-state index contributed by atoms with van der Waals surface area (Å²) in [6, 6.07) is 15.2. The van der Waals surface area contributed by atoms with Gasteiger partial charge in [-0.1, -0.05) is 36.4 Å². The fraction of sp³-hybridized carbons (Fsp3) is 0.278. The Morgan fingerprint density at radius 1 is 1.00 bits per heavy atom. The molecule has 0 atom stereocenters. The summed E-state index contributed by atoms with van der Waals surface area (Å²) in [4.78, 5) is 11.7. The van der Waals surface area contributed by atoms with E-state index in [1.165, 1.54) is 11.1 Å². The molecular weight excluding hydrogens is 292 g/mol. The van der Waals surface area contributed by atoms with Crippen molar-refractivity contribution < 1.29 is 14.3 Å². The van der Waals surface area contributed by atoms with E-state index in [1.807, 2.05) is 24.3 Å². The van der Waals surface area contributed by atoms with Crippen molar-refractivity contribution in [3.8, 4) is 11.5 Å². The minimum atomic E-state index is -0.256. The Morgan fingerprint density at radius 3 is 2.43 bits per heavy atom. The lowest BCUT2D eigenvalue weighted by atomic mass is 10.1. The molecule has 0 saturated heterocycles. The number of hydrogen-bond donors (Lipinski definition) is 2. The largest absolute Gasteiger partial charge is 0.493 e. The molecule has 2 amide bonds. The zero-order valence-corrected chi connectivity index (χ0v) is 13.5. The molecule has 0 unspecified atom stereocenters. The zero-order chi connectivity index (χ0) is 16.5. The van der Waals surface area contributed by atoms with Crippen LogP contribution in [0.5, 0.6) is 11.5 Å². The van der Waals surface area contributed by atoms with E-state index in [0.29, 0.717) is 18.0 Å². The third kappa shape index (κ3) is 5.21. The number of carbonyl (C=O) groups is 1. The summed E-state index contributed by atoms with van der Waals surface area (Å²) in [6.07, 6.45) is 0.799. The third-order valence-electron chi connectivity index (χ3n) is 3.47. The lowest BCUT2D eigenvalue weighted by molar-refractivity contribution is 0.221. The molecule has 2 rings (SSSR count). The standard InChI is InChI=1S/C18H22N2O3/c1-14-7-3-4-8-15(14)11-12-19-18(21)20-13-23-17-10-6-5-9-16(17)22-2/h3-10H,11-13H2,1-2H3,(H2,19,20,21). The Labute approximate surface area is 136 Å². The second-order valence-corrected chi connectivity index (χ2v) is 5.05. The van der Waals surface area contributed by atoms with Crippen LogP contribution in [-0.4, -0.2) is 26.4 Å². The Morgan fingerprint density at radius 2 is 1.70 bits per heavy atom. The second kappa shape index (κ2) is 8.68. The molecule has 0 aliphatic heterocycles. The number of aryl methyl sites for hydroxylation is 1. The molecular formula is C18H22N2O3. The lowest BCUT2D eigenvalue weighted by Crippen LogP contribution is -2.38. The predicted octanol–water partition coefficient (Wildman–Crippen LogP) is 2.88. The number of carbonyl (C=O) groups excluding carboxylic acids is 1. The first kappa shape index (κ1) is 16.7. The minimum Gasteiger partial charge on any atom is -0.493 e. The minimum absolute atomic E-state index is 0.0799. The van der Waals surface area contributed by atoms with Gasteiger partial charge in [0.05, 0.1) is 7.11 Å². The van der Waals surface area contributed by atoms with Crippen LogP contribution >= 0.6 is 0 Å². The van der Waals surface area contributed by atoms with Crippen molar-refractivity contribution in [3.63, 3.8) is 0 Å². The van der Waals surface area contributed by atoms with Gasteiger partial charge in [-0.2, -0.15) is 0 Å². The Balaban J connectivity index is 1.68. The van der Waals surface area contributed by atoms with Crippen LogP contribution in [0.1, 0.15) is 11.1 Å². The maximum Gasteiger partial charge on any atom is 0.317 e. The molecule has 0 aliphatic carbocycles. The van der Waals surface area contributed by atoms with Gasteiger partial charge in [0.1, 0.15) is 0 Å². The lowest BCUT2D eigenvalue weighted by Gasteiger charge is -2.12. The van der Waals surface area contributed by atoms with Gasteiger partial charge in [0, 0.05) is 6.54 Å². The van der Waals surface area contributed by atoms with Crippen LogP contribution in [0.25, 0.3) is 0 Å². The first-order valence-electron chi connectivity index (χ1n) is 7.52. The number of ether oxygens (including phenoxy) is 2. The Bertz CT molecular complexity index is 644. The van der Waals surface area contributed by atoms with Crippen molar-refractivity contribution in [1.82, 2.24) is 10.6 Å². The number of rotatable bonds is 7. The van der Waals surface area contributed by atoms with Gasteiger partial charge < -0.3 is 20.1 Å². The van der Waals surface area contributed by atoms with Gasteiger partial charge >= 0.3 is 6.03 Å². The van der Waals surface area contributed by atoms with Crippen LogP contribution in [0, 0.1) is 6.92 Å². The van der Waals surface area contributed by atoms with Crippen LogP contribution < -0.4 is 20.1 Å². The van der Waals surface area contributed by atoms with Crippen molar-refractivity contribution in [1.29, 1.82) is 0 Å². The van der Waals surface area contributed by atoms with E-state index in [9.17, 15) is 4.79 Å². The topological polar surface area (TPSA) is 59.6 Å². The normalized spacial score (nSPS) is 10.0. The summed E-state index contributed by atoms with van der Waals surface area (Å²) in [5, 5.41) is 5.47. The van der Waals surface area contributed by atoms with Crippen LogP contribution in [0.4, 0.5) is 4.79 Å². The van der Waals surface area contributed by atoms with E-state index in [2.05, 4.69) is 29.7 Å². The van der Waals surface area contributed by atoms with Gasteiger partial charge in [0.2, 0.25) is 0 Å². The number of hydrogen-bond acceptors (Lipinski definition) is 3. The number of amides is 2. The Kier molecular flexibility index (Phi) is 6.29. The van der Waals surface area contributed by atoms with Crippen LogP contribution in [-0.2, 0) is 6.42 Å². The van der Waals surface area contributed by atoms with E-state index in [-0.39, 0.29) is 12.8 Å². The highest BCUT2D eigenvalue weighted by atomic mass is 16.5. The number of methoxy groups -OCH3 is 1. The summed E-state index contributed by atoms with van der Waals surface area (Å²) < 4.78 is 10.7. The van der Waals surface area contributed by atoms with Crippen molar-refractivity contribution >= 4 is 6.03 Å². The molecule has 2 aromatic carbocycles. The monoisotopic (exact) mass is 314 g/mol. The molecule has 0 bridgehead atoms. The summed E-state index contributed by atoms with van der Waals surface area (Å²) in [7, 11) is 1.58. The second-order valence-electron chi connectivity index (χ2n) is 5.05. The number of urea groups is 1. The first-order valence-corrected chi connectivity index (χ1v) is 7.52. The predicted molar refractivity (Wildman–Crippen MR) is 89.9 cm³/mol. The maximum absolute atomic E-state index is 11.7. The van der Waals surface area contributed by atoms with Gasteiger partial charge in [0.15, 0.2) is 18.2 Å². The quantitative estimate of drug-likeness (QED) is 0.773. The average molecular weight is 314 g/mol. The van der Waals surface area contributed by atoms with E-state index in [0.717, 1.165) is 6.42 Å². The number of para-hydroxylation sites is 2. The van der Waals surface area contributed by atoms with Crippen LogP contribution in [0.3, 0.4) is 0 Å². The molecule has 0 fully saturated rings. The highest BCUT2D eigenvalue weighted by molar-refractivity contribution is 5.73. The van der Waals surface area contributed by atoms with Crippen LogP contribution in [0.15, 0.2) is 48.5 Å². The van der Waals surface area contributed by atoms with E-state index < -0.39 is 0 Å². The Hall–Kier alpha value is -2.69. The molecule has 0 spiro atoms. The van der Waals surface area contributed by atoms with Crippen molar-refractivity contribution in [2.45, 2.75) is 13.3 Å². The molecule has 5 heteroatoms. The zero-order valence-electron chi connectivity index (χ0n) is 13.5. The highest BCUT2D eigenvalue weighted by Gasteiger charge is 2.04. The van der Waals surface area contributed by atoms with Crippen LogP contribution in [0.2, 0.25) is 0 Å². The van der Waals surface area contributed by atoms with Gasteiger partial charge in [-0.25, -0.2) is 4.79 Å². The third-order valence-corrected chi connectivity index (χ3v) is 3.47. The molecule has 0 aromatic heterocycles. The molecule has 5 nitrogen and oxygen atoms in total. The fourth-order valence-electron chi connectivity index (χ4n) is 2.18. The molecule has 0 saturated carbocycles. The van der Waals surface area contributed by atoms with Crippen molar-refractivity contribution in [3.05, 3.63) is 59.7 Å². The SMILES string of the molecule is COc1ccccc1OCNC(=O)NCCc1ccccc1C. The maximum atomic E-state index is 11.7. The summed E-state index contributed by atoms with van der Waals surface area (Å²) in [5.74, 6) is 1.23. The highest BCUT2D eigenvalue weighted by Crippen LogP contribution is 2.25. The van der Waals surface area contributed by atoms with Gasteiger partial charge in [-0.05, 0) is 36.6 Å². The molecule has 2 N–H and O–H groups in total. The average Bonchev–Trinajstić information content (AvgIpc) is 2.57. The van der Waals surface area contributed by atoms with E-state index in [4.69, 9.17) is 9.47 Å². The molecule has 2 aromatic rings. The van der Waals surface area contributed by atoms with Gasteiger partial charge in [0.25, 0.3) is 0 Å². The molecule has 0 aliphatic rings. The van der Waals surface area contributed by atoms with Crippen molar-refractivity contribution in [2.24, 2.45) is 0 Å². The molecule has 0 radical (unpaired) electrons. The number of nitrogens with one attached hydrogen (secondary N) is 2. The number of benzene rings is 2. The molecule has 0 heterocycles. The van der Waals surface area contributed by atoms with E-state index in [1.54, 1.807) is 19.2 Å². The van der Waals surface area contributed by atoms with Gasteiger partial charge in [-0.3, -0.25) is 0 Å². The first-order chi connectivity index (χ1) is 11.2.